The van der Waals surface area contributed by atoms with E-state index < -0.39 is 11.6 Å². The summed E-state index contributed by atoms with van der Waals surface area (Å²) in [5.74, 6) is 0.704. The predicted molar refractivity (Wildman–Crippen MR) is 111 cm³/mol. The minimum atomic E-state index is -0.824. The molecule has 0 heterocycles. The highest BCUT2D eigenvalue weighted by atomic mass is 35.5. The smallest absolute Gasteiger partial charge is 0.315 e. The van der Waals surface area contributed by atoms with Crippen LogP contribution in [-0.4, -0.2) is 30.4 Å². The van der Waals surface area contributed by atoms with Crippen molar-refractivity contribution in [3.05, 3.63) is 64.7 Å². The van der Waals surface area contributed by atoms with Crippen LogP contribution in [0, 0.1) is 5.41 Å². The Kier molecular flexibility index (Phi) is 5.87. The molecule has 1 fully saturated rings. The molecule has 1 saturated carbocycles. The topological polar surface area (TPSA) is 70.6 Å². The molecule has 0 spiro atoms. The second-order valence-electron chi connectivity index (χ2n) is 7.90. The van der Waals surface area contributed by atoms with E-state index in [1.54, 1.807) is 27.0 Å². The van der Waals surface area contributed by atoms with Gasteiger partial charge in [-0.25, -0.2) is 4.79 Å². The van der Waals surface area contributed by atoms with Gasteiger partial charge in [-0.05, 0) is 56.0 Å². The van der Waals surface area contributed by atoms with Crippen LogP contribution in [0.1, 0.15) is 43.9 Å². The van der Waals surface area contributed by atoms with E-state index in [0.29, 0.717) is 17.3 Å². The molecular weight excluding hydrogens is 376 g/mol. The molecular formula is C22H27ClN2O3. The first-order valence-corrected chi connectivity index (χ1v) is 9.79. The molecule has 1 atom stereocenters. The molecule has 2 amide bonds. The molecule has 0 aliphatic heterocycles. The van der Waals surface area contributed by atoms with Gasteiger partial charge in [-0.2, -0.15) is 0 Å². The number of ether oxygens (including phenoxy) is 1. The summed E-state index contributed by atoms with van der Waals surface area (Å²) in [5.41, 5.74) is 0.595. The number of urea groups is 1. The number of carbonyl (C=O) groups excluding carboxylic acids is 1. The van der Waals surface area contributed by atoms with Crippen LogP contribution >= 0.6 is 11.6 Å². The molecule has 28 heavy (non-hydrogen) atoms. The monoisotopic (exact) mass is 402 g/mol. The summed E-state index contributed by atoms with van der Waals surface area (Å²) in [5, 5.41) is 16.9. The Bertz CT molecular complexity index is 844. The van der Waals surface area contributed by atoms with E-state index in [0.717, 1.165) is 24.0 Å². The number of aliphatic hydroxyl groups is 1. The van der Waals surface area contributed by atoms with Crippen molar-refractivity contribution in [2.24, 2.45) is 5.41 Å². The molecule has 0 saturated heterocycles. The van der Waals surface area contributed by atoms with Crippen LogP contribution in [-0.2, 0) is 0 Å². The van der Waals surface area contributed by atoms with E-state index in [4.69, 9.17) is 16.3 Å². The van der Waals surface area contributed by atoms with Crippen LogP contribution in [0.5, 0.6) is 5.75 Å². The summed E-state index contributed by atoms with van der Waals surface area (Å²) in [4.78, 5) is 12.7. The molecule has 3 rings (SSSR count). The Hall–Kier alpha value is -2.24. The van der Waals surface area contributed by atoms with Crippen LogP contribution in [0.3, 0.4) is 0 Å². The van der Waals surface area contributed by atoms with E-state index in [1.165, 1.54) is 0 Å². The number of carbonyl (C=O) groups is 1. The van der Waals surface area contributed by atoms with Gasteiger partial charge in [-0.3, -0.25) is 0 Å². The second kappa shape index (κ2) is 8.02. The van der Waals surface area contributed by atoms with E-state index in [1.807, 2.05) is 42.5 Å². The SMILES string of the molecule is COc1cccc(C(NC(=O)NCC2(C(C)(C)O)CC2)c2ccccc2Cl)c1. The zero-order valence-electron chi connectivity index (χ0n) is 16.5. The molecule has 150 valence electrons. The van der Waals surface area contributed by atoms with Gasteiger partial charge in [-0.1, -0.05) is 41.9 Å². The number of hydrogen-bond donors (Lipinski definition) is 3. The van der Waals surface area contributed by atoms with E-state index in [-0.39, 0.29) is 11.4 Å². The number of nitrogens with one attached hydrogen (secondary N) is 2. The van der Waals surface area contributed by atoms with Gasteiger partial charge in [0.25, 0.3) is 0 Å². The summed E-state index contributed by atoms with van der Waals surface area (Å²) in [6, 6.07) is 14.3. The molecule has 1 aliphatic rings. The first-order chi connectivity index (χ1) is 13.3. The van der Waals surface area contributed by atoms with Crippen molar-refractivity contribution in [1.82, 2.24) is 10.6 Å². The summed E-state index contributed by atoms with van der Waals surface area (Å²) in [7, 11) is 1.61. The minimum absolute atomic E-state index is 0.250. The Balaban J connectivity index is 1.80. The van der Waals surface area contributed by atoms with Crippen LogP contribution in [0.15, 0.2) is 48.5 Å². The lowest BCUT2D eigenvalue weighted by Gasteiger charge is -2.30. The van der Waals surface area contributed by atoms with E-state index >= 15 is 0 Å². The van der Waals surface area contributed by atoms with Gasteiger partial charge < -0.3 is 20.5 Å². The van der Waals surface area contributed by atoms with Gasteiger partial charge in [-0.15, -0.1) is 0 Å². The number of methoxy groups -OCH3 is 1. The average molecular weight is 403 g/mol. The highest BCUT2D eigenvalue weighted by Crippen LogP contribution is 2.53. The Morgan fingerprint density at radius 3 is 2.57 bits per heavy atom. The number of benzene rings is 2. The zero-order valence-corrected chi connectivity index (χ0v) is 17.2. The molecule has 1 unspecified atom stereocenters. The van der Waals surface area contributed by atoms with Crippen molar-refractivity contribution in [1.29, 1.82) is 0 Å². The third-order valence-corrected chi connectivity index (χ3v) is 6.00. The summed E-state index contributed by atoms with van der Waals surface area (Å²) >= 11 is 6.41. The highest BCUT2D eigenvalue weighted by Gasteiger charge is 2.53. The normalized spacial score (nSPS) is 16.2. The van der Waals surface area contributed by atoms with Crippen LogP contribution < -0.4 is 15.4 Å². The van der Waals surface area contributed by atoms with Crippen LogP contribution in [0.2, 0.25) is 5.02 Å². The molecule has 0 radical (unpaired) electrons. The zero-order chi connectivity index (χ0) is 20.4. The largest absolute Gasteiger partial charge is 0.497 e. The van der Waals surface area contributed by atoms with Crippen molar-refractivity contribution in [2.45, 2.75) is 38.3 Å². The molecule has 1 aliphatic carbocycles. The van der Waals surface area contributed by atoms with Gasteiger partial charge in [0, 0.05) is 17.0 Å². The predicted octanol–water partition coefficient (Wildman–Crippen LogP) is 4.29. The van der Waals surface area contributed by atoms with Crippen molar-refractivity contribution < 1.29 is 14.6 Å². The molecule has 0 bridgehead atoms. The van der Waals surface area contributed by atoms with E-state index in [9.17, 15) is 9.90 Å². The fourth-order valence-electron chi connectivity index (χ4n) is 3.46. The molecule has 0 aromatic heterocycles. The van der Waals surface area contributed by atoms with E-state index in [2.05, 4.69) is 10.6 Å². The van der Waals surface area contributed by atoms with Gasteiger partial charge in [0.15, 0.2) is 0 Å². The Morgan fingerprint density at radius 2 is 1.96 bits per heavy atom. The Labute approximate surface area is 171 Å². The maximum absolute atomic E-state index is 12.7. The summed E-state index contributed by atoms with van der Waals surface area (Å²) in [6.07, 6.45) is 1.81. The molecule has 2 aromatic carbocycles. The molecule has 6 heteroatoms. The third-order valence-electron chi connectivity index (χ3n) is 5.66. The fraction of sp³-hybridized carbons (Fsp3) is 0.409. The summed E-state index contributed by atoms with van der Waals surface area (Å²) < 4.78 is 5.32. The van der Waals surface area contributed by atoms with Crippen molar-refractivity contribution in [3.8, 4) is 5.75 Å². The first-order valence-electron chi connectivity index (χ1n) is 9.41. The fourth-order valence-corrected chi connectivity index (χ4v) is 3.70. The number of rotatable bonds is 7. The highest BCUT2D eigenvalue weighted by molar-refractivity contribution is 6.31. The van der Waals surface area contributed by atoms with Crippen LogP contribution in [0.25, 0.3) is 0 Å². The van der Waals surface area contributed by atoms with Gasteiger partial charge in [0.1, 0.15) is 5.75 Å². The lowest BCUT2D eigenvalue weighted by molar-refractivity contribution is 0.00382. The van der Waals surface area contributed by atoms with Gasteiger partial charge in [0.05, 0.1) is 18.8 Å². The maximum atomic E-state index is 12.7. The third kappa shape index (κ3) is 4.42. The maximum Gasteiger partial charge on any atom is 0.315 e. The summed E-state index contributed by atoms with van der Waals surface area (Å²) in [6.45, 7) is 4.01. The molecule has 5 nitrogen and oxygen atoms in total. The average Bonchev–Trinajstić information content (AvgIpc) is 3.46. The van der Waals surface area contributed by atoms with Gasteiger partial charge >= 0.3 is 6.03 Å². The lowest BCUT2D eigenvalue weighted by atomic mass is 9.87. The first kappa shape index (κ1) is 20.5. The second-order valence-corrected chi connectivity index (χ2v) is 8.30. The standard InChI is InChI=1S/C22H27ClN2O3/c1-21(2,27)22(11-12-22)14-24-20(26)25-19(17-9-4-5-10-18(17)23)15-7-6-8-16(13-15)28-3/h4-10,13,19,27H,11-12,14H2,1-3H3,(H2,24,25,26). The van der Waals surface area contributed by atoms with Crippen molar-refractivity contribution >= 4 is 17.6 Å². The number of halogens is 1. The lowest BCUT2D eigenvalue weighted by Crippen LogP contribution is -2.46. The van der Waals surface area contributed by atoms with Gasteiger partial charge in [0.2, 0.25) is 0 Å². The van der Waals surface area contributed by atoms with Crippen molar-refractivity contribution in [2.75, 3.05) is 13.7 Å². The number of amides is 2. The quantitative estimate of drug-likeness (QED) is 0.647. The number of hydrogen-bond acceptors (Lipinski definition) is 3. The van der Waals surface area contributed by atoms with Crippen molar-refractivity contribution in [3.63, 3.8) is 0 Å². The minimum Gasteiger partial charge on any atom is -0.497 e. The molecule has 2 aromatic rings. The molecule has 3 N–H and O–H groups in total. The van der Waals surface area contributed by atoms with Crippen LogP contribution in [0.4, 0.5) is 4.79 Å². The Morgan fingerprint density at radius 1 is 1.25 bits per heavy atom.